The van der Waals surface area contributed by atoms with Gasteiger partial charge in [-0.25, -0.2) is 4.39 Å². The first-order valence-corrected chi connectivity index (χ1v) is 5.58. The fourth-order valence-electron chi connectivity index (χ4n) is 1.60. The fourth-order valence-corrected chi connectivity index (χ4v) is 1.60. The number of halogens is 1. The standard InChI is InChI=1S/C14H12FNO3/c15-12-2-1-3-13(11(12)8-17)19-10-6-4-9(5-7-10)14(16)18/h1-7,17H,8H2,(H2,16,18). The van der Waals surface area contributed by atoms with Gasteiger partial charge in [0.2, 0.25) is 5.91 Å². The van der Waals surface area contributed by atoms with Gasteiger partial charge in [-0.05, 0) is 36.4 Å². The second-order valence-corrected chi connectivity index (χ2v) is 3.87. The van der Waals surface area contributed by atoms with Gasteiger partial charge in [-0.3, -0.25) is 4.79 Å². The zero-order valence-corrected chi connectivity index (χ0v) is 9.97. The lowest BCUT2D eigenvalue weighted by Crippen LogP contribution is -2.10. The summed E-state index contributed by atoms with van der Waals surface area (Å²) < 4.78 is 18.9. The average Bonchev–Trinajstić information content (AvgIpc) is 2.39. The van der Waals surface area contributed by atoms with E-state index in [1.165, 1.54) is 24.3 Å². The van der Waals surface area contributed by atoms with Gasteiger partial charge in [0.15, 0.2) is 0 Å². The lowest BCUT2D eigenvalue weighted by Gasteiger charge is -2.10. The van der Waals surface area contributed by atoms with Gasteiger partial charge in [0, 0.05) is 5.56 Å². The highest BCUT2D eigenvalue weighted by molar-refractivity contribution is 5.92. The van der Waals surface area contributed by atoms with Crippen molar-refractivity contribution in [1.29, 1.82) is 0 Å². The number of rotatable bonds is 4. The van der Waals surface area contributed by atoms with E-state index in [9.17, 15) is 9.18 Å². The average molecular weight is 261 g/mol. The van der Waals surface area contributed by atoms with Crippen LogP contribution in [0.15, 0.2) is 42.5 Å². The van der Waals surface area contributed by atoms with Crippen LogP contribution in [0, 0.1) is 5.82 Å². The third-order valence-electron chi connectivity index (χ3n) is 2.60. The first kappa shape index (κ1) is 13.0. The molecular formula is C14H12FNO3. The fraction of sp³-hybridized carbons (Fsp3) is 0.0714. The molecule has 0 heterocycles. The number of aliphatic hydroxyl groups excluding tert-OH is 1. The minimum atomic E-state index is -0.534. The topological polar surface area (TPSA) is 72.6 Å². The van der Waals surface area contributed by atoms with Crippen LogP contribution in [0.25, 0.3) is 0 Å². The Balaban J connectivity index is 2.26. The van der Waals surface area contributed by atoms with Crippen molar-refractivity contribution in [2.75, 3.05) is 0 Å². The first-order chi connectivity index (χ1) is 9.11. The zero-order valence-electron chi connectivity index (χ0n) is 9.97. The van der Waals surface area contributed by atoms with E-state index in [1.54, 1.807) is 18.2 Å². The molecule has 2 aromatic rings. The summed E-state index contributed by atoms with van der Waals surface area (Å²) in [5.41, 5.74) is 5.56. The molecule has 0 aromatic heterocycles. The lowest BCUT2D eigenvalue weighted by atomic mass is 10.2. The normalized spacial score (nSPS) is 10.2. The highest BCUT2D eigenvalue weighted by atomic mass is 19.1. The summed E-state index contributed by atoms with van der Waals surface area (Å²) in [7, 11) is 0. The third-order valence-corrected chi connectivity index (χ3v) is 2.60. The lowest BCUT2D eigenvalue weighted by molar-refractivity contribution is 0.100. The smallest absolute Gasteiger partial charge is 0.248 e. The molecule has 0 radical (unpaired) electrons. The Morgan fingerprint density at radius 2 is 1.89 bits per heavy atom. The highest BCUT2D eigenvalue weighted by Gasteiger charge is 2.09. The van der Waals surface area contributed by atoms with Crippen LogP contribution < -0.4 is 10.5 Å². The summed E-state index contributed by atoms with van der Waals surface area (Å²) in [5.74, 6) is -0.415. The molecule has 3 N–H and O–H groups in total. The van der Waals surface area contributed by atoms with E-state index < -0.39 is 18.3 Å². The molecule has 0 aliphatic heterocycles. The highest BCUT2D eigenvalue weighted by Crippen LogP contribution is 2.27. The molecule has 98 valence electrons. The number of benzene rings is 2. The Bertz CT molecular complexity index is 596. The van der Waals surface area contributed by atoms with Crippen LogP contribution in [0.4, 0.5) is 4.39 Å². The van der Waals surface area contributed by atoms with Gasteiger partial charge in [-0.15, -0.1) is 0 Å². The molecule has 19 heavy (non-hydrogen) atoms. The minimum absolute atomic E-state index is 0.0847. The van der Waals surface area contributed by atoms with Gasteiger partial charge in [0.1, 0.15) is 17.3 Å². The molecule has 5 heteroatoms. The summed E-state index contributed by atoms with van der Waals surface area (Å²) in [4.78, 5) is 10.9. The Kier molecular flexibility index (Phi) is 3.77. The number of hydrogen-bond acceptors (Lipinski definition) is 3. The number of carbonyl (C=O) groups excluding carboxylic acids is 1. The molecule has 1 amide bonds. The van der Waals surface area contributed by atoms with Crippen molar-refractivity contribution >= 4 is 5.91 Å². The number of nitrogens with two attached hydrogens (primary N) is 1. The van der Waals surface area contributed by atoms with Crippen molar-refractivity contribution in [3.63, 3.8) is 0 Å². The summed E-state index contributed by atoms with van der Waals surface area (Å²) in [5, 5.41) is 9.11. The molecule has 0 spiro atoms. The maximum absolute atomic E-state index is 13.4. The van der Waals surface area contributed by atoms with E-state index in [1.807, 2.05) is 0 Å². The molecule has 2 aromatic carbocycles. The van der Waals surface area contributed by atoms with E-state index in [4.69, 9.17) is 15.6 Å². The van der Waals surface area contributed by atoms with Gasteiger partial charge in [-0.2, -0.15) is 0 Å². The second-order valence-electron chi connectivity index (χ2n) is 3.87. The summed E-state index contributed by atoms with van der Waals surface area (Å²) >= 11 is 0. The molecule has 0 saturated carbocycles. The number of aliphatic hydroxyl groups is 1. The van der Waals surface area contributed by atoms with Crippen molar-refractivity contribution < 1.29 is 19.0 Å². The summed E-state index contributed by atoms with van der Waals surface area (Å²) in [6, 6.07) is 10.4. The number of ether oxygens (including phenoxy) is 1. The predicted molar refractivity (Wildman–Crippen MR) is 67.4 cm³/mol. The van der Waals surface area contributed by atoms with Crippen molar-refractivity contribution in [1.82, 2.24) is 0 Å². The van der Waals surface area contributed by atoms with E-state index in [0.29, 0.717) is 11.3 Å². The SMILES string of the molecule is NC(=O)c1ccc(Oc2cccc(F)c2CO)cc1. The Hall–Kier alpha value is -2.40. The van der Waals surface area contributed by atoms with Crippen molar-refractivity contribution in [3.05, 3.63) is 59.4 Å². The maximum Gasteiger partial charge on any atom is 0.248 e. The van der Waals surface area contributed by atoms with Crippen LogP contribution in [-0.2, 0) is 6.61 Å². The maximum atomic E-state index is 13.4. The number of carbonyl (C=O) groups is 1. The molecular weight excluding hydrogens is 249 g/mol. The molecule has 0 fully saturated rings. The van der Waals surface area contributed by atoms with Crippen LogP contribution in [0.1, 0.15) is 15.9 Å². The molecule has 0 atom stereocenters. The van der Waals surface area contributed by atoms with Gasteiger partial charge >= 0.3 is 0 Å². The van der Waals surface area contributed by atoms with E-state index >= 15 is 0 Å². The zero-order chi connectivity index (χ0) is 13.8. The number of primary amides is 1. The largest absolute Gasteiger partial charge is 0.457 e. The van der Waals surface area contributed by atoms with Crippen molar-refractivity contribution in [3.8, 4) is 11.5 Å². The van der Waals surface area contributed by atoms with E-state index in [0.717, 1.165) is 0 Å². The summed E-state index contributed by atoms with van der Waals surface area (Å²) in [6.07, 6.45) is 0. The van der Waals surface area contributed by atoms with Crippen molar-refractivity contribution in [2.24, 2.45) is 5.73 Å². The molecule has 4 nitrogen and oxygen atoms in total. The van der Waals surface area contributed by atoms with Crippen LogP contribution in [0.3, 0.4) is 0 Å². The quantitative estimate of drug-likeness (QED) is 0.886. The van der Waals surface area contributed by atoms with Crippen LogP contribution in [0.2, 0.25) is 0 Å². The monoisotopic (exact) mass is 261 g/mol. The second kappa shape index (κ2) is 5.49. The Labute approximate surface area is 109 Å². The van der Waals surface area contributed by atoms with Crippen LogP contribution in [0.5, 0.6) is 11.5 Å². The molecule has 0 saturated heterocycles. The molecule has 0 aliphatic rings. The minimum Gasteiger partial charge on any atom is -0.457 e. The first-order valence-electron chi connectivity index (χ1n) is 5.58. The van der Waals surface area contributed by atoms with Crippen molar-refractivity contribution in [2.45, 2.75) is 6.61 Å². The molecule has 0 unspecified atom stereocenters. The van der Waals surface area contributed by atoms with Crippen LogP contribution in [-0.4, -0.2) is 11.0 Å². The van der Waals surface area contributed by atoms with E-state index in [-0.39, 0.29) is 11.3 Å². The molecule has 0 bridgehead atoms. The van der Waals surface area contributed by atoms with Gasteiger partial charge in [0.05, 0.1) is 12.2 Å². The summed E-state index contributed by atoms with van der Waals surface area (Å²) in [6.45, 7) is -0.457. The van der Waals surface area contributed by atoms with Crippen LogP contribution >= 0.6 is 0 Å². The van der Waals surface area contributed by atoms with Gasteiger partial charge in [0.25, 0.3) is 0 Å². The van der Waals surface area contributed by atoms with E-state index in [2.05, 4.69) is 0 Å². The number of amides is 1. The molecule has 0 aliphatic carbocycles. The predicted octanol–water partition coefficient (Wildman–Crippen LogP) is 2.21. The Morgan fingerprint density at radius 3 is 2.47 bits per heavy atom. The number of hydrogen-bond donors (Lipinski definition) is 2. The third kappa shape index (κ3) is 2.89. The Morgan fingerprint density at radius 1 is 1.21 bits per heavy atom. The van der Waals surface area contributed by atoms with Gasteiger partial charge < -0.3 is 15.6 Å². The molecule has 2 rings (SSSR count). The van der Waals surface area contributed by atoms with Gasteiger partial charge in [-0.1, -0.05) is 6.07 Å².